The Labute approximate surface area is 113 Å². The second-order valence-electron chi connectivity index (χ2n) is 4.43. The number of anilines is 1. The fourth-order valence-corrected chi connectivity index (χ4v) is 2.57. The van der Waals surface area contributed by atoms with Crippen molar-refractivity contribution in [2.75, 3.05) is 24.5 Å². The number of hydrogen-bond donors (Lipinski definition) is 1. The summed E-state index contributed by atoms with van der Waals surface area (Å²) in [5, 5.41) is 4.76. The van der Waals surface area contributed by atoms with E-state index in [1.165, 1.54) is 12.8 Å². The molecule has 0 unspecified atom stereocenters. The van der Waals surface area contributed by atoms with Crippen LogP contribution in [0.5, 0.6) is 0 Å². The van der Waals surface area contributed by atoms with E-state index in [4.69, 9.17) is 23.2 Å². The zero-order valence-corrected chi connectivity index (χ0v) is 11.6. The van der Waals surface area contributed by atoms with E-state index in [0.29, 0.717) is 16.1 Å². The SMILES string of the molecule is CCN(C[C@@H]1CCCN1)c1ccc(Cl)c(Cl)c1. The summed E-state index contributed by atoms with van der Waals surface area (Å²) in [7, 11) is 0. The molecule has 4 heteroatoms. The number of halogens is 2. The van der Waals surface area contributed by atoms with Crippen molar-refractivity contribution in [3.63, 3.8) is 0 Å². The highest BCUT2D eigenvalue weighted by Crippen LogP contribution is 2.27. The molecule has 2 nitrogen and oxygen atoms in total. The van der Waals surface area contributed by atoms with Gasteiger partial charge in [-0.3, -0.25) is 0 Å². The van der Waals surface area contributed by atoms with Crippen LogP contribution in [-0.4, -0.2) is 25.7 Å². The molecule has 0 radical (unpaired) electrons. The molecule has 2 rings (SSSR count). The van der Waals surface area contributed by atoms with E-state index in [-0.39, 0.29) is 0 Å². The molecule has 1 N–H and O–H groups in total. The molecule has 94 valence electrons. The van der Waals surface area contributed by atoms with Gasteiger partial charge in [-0.1, -0.05) is 23.2 Å². The summed E-state index contributed by atoms with van der Waals surface area (Å²) < 4.78 is 0. The highest BCUT2D eigenvalue weighted by Gasteiger charge is 2.17. The molecule has 1 aromatic carbocycles. The average molecular weight is 273 g/mol. The summed E-state index contributed by atoms with van der Waals surface area (Å²) in [5.41, 5.74) is 1.15. The lowest BCUT2D eigenvalue weighted by Gasteiger charge is -2.26. The molecule has 0 aromatic heterocycles. The third-order valence-electron chi connectivity index (χ3n) is 3.25. The molecule has 1 aliphatic heterocycles. The second kappa shape index (κ2) is 5.94. The summed E-state index contributed by atoms with van der Waals surface area (Å²) in [5.74, 6) is 0. The first kappa shape index (κ1) is 13.0. The molecule has 1 heterocycles. The largest absolute Gasteiger partial charge is 0.370 e. The molecule has 1 atom stereocenters. The minimum Gasteiger partial charge on any atom is -0.370 e. The van der Waals surface area contributed by atoms with Gasteiger partial charge < -0.3 is 10.2 Å². The van der Waals surface area contributed by atoms with Crippen LogP contribution in [-0.2, 0) is 0 Å². The van der Waals surface area contributed by atoms with Crippen LogP contribution in [0.3, 0.4) is 0 Å². The lowest BCUT2D eigenvalue weighted by atomic mass is 10.2. The number of nitrogens with one attached hydrogen (secondary N) is 1. The smallest absolute Gasteiger partial charge is 0.0612 e. The van der Waals surface area contributed by atoms with E-state index in [0.717, 1.165) is 25.3 Å². The zero-order valence-electron chi connectivity index (χ0n) is 10.0. The van der Waals surface area contributed by atoms with Gasteiger partial charge in [0.15, 0.2) is 0 Å². The van der Waals surface area contributed by atoms with Gasteiger partial charge in [0, 0.05) is 24.8 Å². The standard InChI is InChI=1S/C13H18Cl2N2/c1-2-17(9-10-4-3-7-16-10)11-5-6-12(14)13(15)8-11/h5-6,8,10,16H,2-4,7,9H2,1H3/t10-/m0/s1. The van der Waals surface area contributed by atoms with Crippen molar-refractivity contribution in [2.24, 2.45) is 0 Å². The Morgan fingerprint density at radius 2 is 2.18 bits per heavy atom. The first-order chi connectivity index (χ1) is 8.20. The van der Waals surface area contributed by atoms with E-state index >= 15 is 0 Å². The maximum Gasteiger partial charge on any atom is 0.0612 e. The molecule has 0 saturated carbocycles. The average Bonchev–Trinajstić information content (AvgIpc) is 2.82. The predicted molar refractivity (Wildman–Crippen MR) is 75.4 cm³/mol. The number of rotatable bonds is 4. The maximum atomic E-state index is 6.06. The topological polar surface area (TPSA) is 15.3 Å². The van der Waals surface area contributed by atoms with Gasteiger partial charge in [-0.15, -0.1) is 0 Å². The summed E-state index contributed by atoms with van der Waals surface area (Å²) in [4.78, 5) is 2.34. The monoisotopic (exact) mass is 272 g/mol. The van der Waals surface area contributed by atoms with E-state index < -0.39 is 0 Å². The van der Waals surface area contributed by atoms with E-state index in [2.05, 4.69) is 17.1 Å². The summed E-state index contributed by atoms with van der Waals surface area (Å²) in [6, 6.07) is 6.45. The minimum atomic E-state index is 0.601. The van der Waals surface area contributed by atoms with Crippen LogP contribution >= 0.6 is 23.2 Å². The number of nitrogens with zero attached hydrogens (tertiary/aromatic N) is 1. The summed E-state index contributed by atoms with van der Waals surface area (Å²) in [6.07, 6.45) is 2.54. The third-order valence-corrected chi connectivity index (χ3v) is 3.99. The number of likely N-dealkylation sites (N-methyl/N-ethyl adjacent to an activating group) is 1. The molecule has 1 aliphatic rings. The van der Waals surface area contributed by atoms with Gasteiger partial charge in [0.1, 0.15) is 0 Å². The Bertz CT molecular complexity index is 376. The first-order valence-corrected chi connectivity index (χ1v) is 6.89. The quantitative estimate of drug-likeness (QED) is 0.902. The van der Waals surface area contributed by atoms with Crippen LogP contribution in [0.2, 0.25) is 10.0 Å². The van der Waals surface area contributed by atoms with Gasteiger partial charge in [0.2, 0.25) is 0 Å². The van der Waals surface area contributed by atoms with Crippen molar-refractivity contribution in [2.45, 2.75) is 25.8 Å². The van der Waals surface area contributed by atoms with Gasteiger partial charge in [-0.05, 0) is 44.5 Å². The van der Waals surface area contributed by atoms with Crippen LogP contribution in [0.1, 0.15) is 19.8 Å². The van der Waals surface area contributed by atoms with Gasteiger partial charge in [0.05, 0.1) is 10.0 Å². The van der Waals surface area contributed by atoms with Crippen molar-refractivity contribution in [3.05, 3.63) is 28.2 Å². The Hall–Kier alpha value is -0.440. The first-order valence-electron chi connectivity index (χ1n) is 6.14. The van der Waals surface area contributed by atoms with Crippen molar-refractivity contribution in [3.8, 4) is 0 Å². The molecular formula is C13H18Cl2N2. The minimum absolute atomic E-state index is 0.601. The van der Waals surface area contributed by atoms with Crippen LogP contribution in [0.4, 0.5) is 5.69 Å². The molecule has 1 saturated heterocycles. The Kier molecular flexibility index (Phi) is 4.55. The summed E-state index contributed by atoms with van der Waals surface area (Å²) >= 11 is 12.0. The molecule has 0 bridgehead atoms. The van der Waals surface area contributed by atoms with E-state index in [1.807, 2.05) is 18.2 Å². The van der Waals surface area contributed by atoms with Crippen molar-refractivity contribution in [1.29, 1.82) is 0 Å². The van der Waals surface area contributed by atoms with Crippen molar-refractivity contribution in [1.82, 2.24) is 5.32 Å². The third kappa shape index (κ3) is 3.27. The highest BCUT2D eigenvalue weighted by molar-refractivity contribution is 6.42. The fourth-order valence-electron chi connectivity index (χ4n) is 2.28. The summed E-state index contributed by atoms with van der Waals surface area (Å²) in [6.45, 7) is 5.33. The molecule has 1 aromatic rings. The van der Waals surface area contributed by atoms with Gasteiger partial charge in [-0.2, -0.15) is 0 Å². The Morgan fingerprint density at radius 3 is 2.76 bits per heavy atom. The Balaban J connectivity index is 2.08. The zero-order chi connectivity index (χ0) is 12.3. The highest BCUT2D eigenvalue weighted by atomic mass is 35.5. The number of hydrogen-bond acceptors (Lipinski definition) is 2. The molecule has 17 heavy (non-hydrogen) atoms. The van der Waals surface area contributed by atoms with Gasteiger partial charge in [-0.25, -0.2) is 0 Å². The van der Waals surface area contributed by atoms with Crippen molar-refractivity contribution >= 4 is 28.9 Å². The molecule has 0 amide bonds. The van der Waals surface area contributed by atoms with Crippen LogP contribution in [0.25, 0.3) is 0 Å². The molecular weight excluding hydrogens is 255 g/mol. The second-order valence-corrected chi connectivity index (χ2v) is 5.24. The fraction of sp³-hybridized carbons (Fsp3) is 0.538. The molecule has 1 fully saturated rings. The van der Waals surface area contributed by atoms with Gasteiger partial charge >= 0.3 is 0 Å². The van der Waals surface area contributed by atoms with Gasteiger partial charge in [0.25, 0.3) is 0 Å². The molecule has 0 aliphatic carbocycles. The molecule has 0 spiro atoms. The number of benzene rings is 1. The van der Waals surface area contributed by atoms with Crippen LogP contribution < -0.4 is 10.2 Å². The van der Waals surface area contributed by atoms with Crippen molar-refractivity contribution < 1.29 is 0 Å². The van der Waals surface area contributed by atoms with Crippen LogP contribution in [0.15, 0.2) is 18.2 Å². The normalized spacial score (nSPS) is 19.6. The van der Waals surface area contributed by atoms with Crippen LogP contribution in [0, 0.1) is 0 Å². The van der Waals surface area contributed by atoms with E-state index in [9.17, 15) is 0 Å². The Morgan fingerprint density at radius 1 is 1.35 bits per heavy atom. The lowest BCUT2D eigenvalue weighted by molar-refractivity contribution is 0.587. The van der Waals surface area contributed by atoms with E-state index in [1.54, 1.807) is 0 Å². The lowest BCUT2D eigenvalue weighted by Crippen LogP contribution is -2.37. The maximum absolute atomic E-state index is 6.06. The predicted octanol–water partition coefficient (Wildman–Crippen LogP) is 3.57.